The lowest BCUT2D eigenvalue weighted by atomic mass is 10.0. The van der Waals surface area contributed by atoms with E-state index in [0.717, 1.165) is 164 Å². The molecule has 0 radical (unpaired) electrons. The average Bonchev–Trinajstić information content (AvgIpc) is 1.60. The van der Waals surface area contributed by atoms with Gasteiger partial charge >= 0.3 is 0 Å². The van der Waals surface area contributed by atoms with E-state index in [-0.39, 0.29) is 0 Å². The van der Waals surface area contributed by atoms with Crippen LogP contribution >= 0.6 is 0 Å². The van der Waals surface area contributed by atoms with E-state index in [1.54, 1.807) is 0 Å². The molecule has 0 fully saturated rings. The monoisotopic (exact) mass is 1530 g/mol. The molecule has 0 saturated heterocycles. The number of H-pyrrole nitrogens is 2. The maximum Gasteiger partial charge on any atom is 0.161 e. The summed E-state index contributed by atoms with van der Waals surface area (Å²) in [5.74, 6) is 5.74. The molecule has 2 N–H and O–H groups in total. The Bertz CT molecular complexity index is 3580. The van der Waals surface area contributed by atoms with E-state index in [2.05, 4.69) is 159 Å². The molecule has 4 aromatic carbocycles. The second kappa shape index (κ2) is 51.6. The molecule has 12 heteroatoms. The van der Waals surface area contributed by atoms with Gasteiger partial charge in [-0.15, -0.1) is 0 Å². The van der Waals surface area contributed by atoms with Crippen LogP contribution in [0.5, 0.6) is 46.0 Å². The summed E-state index contributed by atoms with van der Waals surface area (Å²) >= 11 is 0. The Hall–Kier alpha value is -8.12. The normalized spacial score (nSPS) is 11.8. The van der Waals surface area contributed by atoms with Gasteiger partial charge in [-0.25, -0.2) is 9.97 Å². The first-order chi connectivity index (χ1) is 55.3. The number of hydrogen-bond acceptors (Lipinski definition) is 10. The lowest BCUT2D eigenvalue weighted by Gasteiger charge is -2.15. The van der Waals surface area contributed by atoms with Gasteiger partial charge in [0.2, 0.25) is 0 Å². The highest BCUT2D eigenvalue weighted by molar-refractivity contribution is 6.00. The number of nitrogens with zero attached hydrogens (tertiary/aromatic N) is 2. The fraction of sp³-hybridized carbons (Fsp3) is 0.560. The molecule has 0 atom stereocenters. The van der Waals surface area contributed by atoms with Gasteiger partial charge in [0.25, 0.3) is 0 Å². The fourth-order valence-corrected chi connectivity index (χ4v) is 15.7. The second-order valence-corrected chi connectivity index (χ2v) is 31.0. The van der Waals surface area contributed by atoms with E-state index in [1.807, 2.05) is 27.7 Å². The van der Waals surface area contributed by atoms with E-state index in [0.29, 0.717) is 75.9 Å². The number of benzene rings is 4. The van der Waals surface area contributed by atoms with Crippen molar-refractivity contribution in [2.24, 2.45) is 0 Å². The summed E-state index contributed by atoms with van der Waals surface area (Å²) in [4.78, 5) is 19.6. The van der Waals surface area contributed by atoms with Crippen LogP contribution in [0.1, 0.15) is 335 Å². The van der Waals surface area contributed by atoms with Crippen molar-refractivity contribution in [2.45, 2.75) is 312 Å². The van der Waals surface area contributed by atoms with Crippen molar-refractivity contribution < 1.29 is 37.9 Å². The van der Waals surface area contributed by atoms with Crippen LogP contribution in [0, 0.1) is 0 Å². The number of unbranched alkanes of at least 4 members (excludes halogenated alkanes) is 36. The van der Waals surface area contributed by atoms with Gasteiger partial charge in [-0.05, 0) is 173 Å². The Labute approximate surface area is 675 Å². The maximum atomic E-state index is 6.63. The number of aromatic amines is 2. The van der Waals surface area contributed by atoms with Crippen LogP contribution in [0.3, 0.4) is 0 Å². The second-order valence-electron chi connectivity index (χ2n) is 31.0. The molecule has 0 saturated carbocycles. The number of nitrogens with one attached hydrogen (secondary N) is 2. The van der Waals surface area contributed by atoms with Gasteiger partial charge in [0.1, 0.15) is 0 Å². The third-order valence-corrected chi connectivity index (χ3v) is 21.9. The summed E-state index contributed by atoms with van der Waals surface area (Å²) in [5.41, 5.74) is 14.0. The number of aromatic nitrogens is 4. The summed E-state index contributed by atoms with van der Waals surface area (Å²) < 4.78 is 52.7. The average molecular weight is 1530 g/mol. The predicted molar refractivity (Wildman–Crippen MR) is 475 cm³/mol. The van der Waals surface area contributed by atoms with Crippen LogP contribution in [0.15, 0.2) is 97.1 Å². The molecule has 0 spiro atoms. The molecule has 0 unspecified atom stereocenters. The number of rotatable bonds is 60. The Morgan fingerprint density at radius 3 is 0.580 bits per heavy atom. The fourth-order valence-electron chi connectivity index (χ4n) is 15.7. The molecular formula is C100H142N4O8. The Morgan fingerprint density at radius 1 is 0.205 bits per heavy atom. The van der Waals surface area contributed by atoms with E-state index in [9.17, 15) is 0 Å². The lowest BCUT2D eigenvalue weighted by Crippen LogP contribution is -2.02. The highest BCUT2D eigenvalue weighted by atomic mass is 16.5. The van der Waals surface area contributed by atoms with Crippen molar-refractivity contribution in [1.82, 2.24) is 19.9 Å². The highest BCUT2D eigenvalue weighted by Crippen LogP contribution is 2.45. The third kappa shape index (κ3) is 28.2. The molecule has 610 valence electrons. The topological polar surface area (TPSA) is 131 Å². The molecule has 112 heavy (non-hydrogen) atoms. The largest absolute Gasteiger partial charge is 0.490 e. The molecule has 2 aliphatic heterocycles. The van der Waals surface area contributed by atoms with E-state index < -0.39 is 0 Å². The molecule has 12 nitrogen and oxygen atoms in total. The van der Waals surface area contributed by atoms with Crippen molar-refractivity contribution in [3.05, 3.63) is 120 Å². The minimum atomic E-state index is 0.480. The van der Waals surface area contributed by atoms with Crippen molar-refractivity contribution >= 4 is 46.4 Å². The van der Waals surface area contributed by atoms with E-state index in [1.165, 1.54) is 205 Å². The van der Waals surface area contributed by atoms with Gasteiger partial charge in [-0.1, -0.05) is 283 Å². The Balaban J connectivity index is 1.17. The van der Waals surface area contributed by atoms with Gasteiger partial charge < -0.3 is 47.9 Å². The van der Waals surface area contributed by atoms with Crippen LogP contribution in [-0.4, -0.2) is 72.8 Å². The molecule has 8 bridgehead atoms. The molecule has 5 heterocycles. The van der Waals surface area contributed by atoms with Crippen LogP contribution in [-0.2, 0) is 0 Å². The van der Waals surface area contributed by atoms with Crippen molar-refractivity contribution in [3.63, 3.8) is 0 Å². The highest BCUT2D eigenvalue weighted by Gasteiger charge is 2.23. The van der Waals surface area contributed by atoms with Gasteiger partial charge in [0.15, 0.2) is 46.0 Å². The maximum absolute atomic E-state index is 6.63. The number of fused-ring (bicyclic) bond motifs is 8. The zero-order chi connectivity index (χ0) is 78.4. The van der Waals surface area contributed by atoms with Crippen molar-refractivity contribution in [2.75, 3.05) is 52.9 Å². The van der Waals surface area contributed by atoms with Crippen LogP contribution in [0.25, 0.3) is 90.9 Å². The zero-order valence-electron chi connectivity index (χ0n) is 70.6. The SMILES string of the molecule is CCCCCCCCCCCCOc1ccc(-c2c3nc(c(-c4ccc(OCCCCCCCCCCCC)c(OCC)c4)c4ccc([nH]4)c(-c4ccc(OCCCCCCCCCCCC)c(OCC)c4)c4nc(c(-c5ccc(OCCCCCCCCCCCC)c(OCC)c5)c5ccc2[nH]5)C=C4)C=C3)cc1OCC. The molecule has 3 aromatic heterocycles. The van der Waals surface area contributed by atoms with Gasteiger partial charge in [0, 0.05) is 44.3 Å². The van der Waals surface area contributed by atoms with Gasteiger partial charge in [-0.2, -0.15) is 0 Å². The zero-order valence-corrected chi connectivity index (χ0v) is 70.6. The summed E-state index contributed by atoms with van der Waals surface area (Å²) in [6.45, 7) is 21.7. The predicted octanol–water partition coefficient (Wildman–Crippen LogP) is 30.1. The first-order valence-electron chi connectivity index (χ1n) is 45.1. The van der Waals surface area contributed by atoms with Gasteiger partial charge in [0.05, 0.1) is 75.6 Å². The van der Waals surface area contributed by atoms with Crippen LogP contribution in [0.4, 0.5) is 0 Å². The Kier molecular flexibility index (Phi) is 40.5. The number of hydrogen-bond donors (Lipinski definition) is 2. The van der Waals surface area contributed by atoms with Crippen LogP contribution in [0.2, 0.25) is 0 Å². The molecule has 2 aliphatic rings. The Morgan fingerprint density at radius 2 is 0.393 bits per heavy atom. The lowest BCUT2D eigenvalue weighted by molar-refractivity contribution is 0.270. The van der Waals surface area contributed by atoms with E-state index in [4.69, 9.17) is 47.9 Å². The smallest absolute Gasteiger partial charge is 0.161 e. The minimum Gasteiger partial charge on any atom is -0.490 e. The van der Waals surface area contributed by atoms with Gasteiger partial charge in [-0.3, -0.25) is 0 Å². The standard InChI is InChI=1S/C100H142N4O8/c1-9-17-21-25-29-33-37-41-45-49-69-109-89-65-53-77(73-93(89)105-13-5)97-81-57-59-83(101-81)98(78-54-66-90(94(74-78)106-14-6)110-70-50-46-42-38-34-30-26-22-18-10-2)85-61-63-87(103-85)100(80-56-68-92(96(76-80)108-16-8)112-72-52-48-44-40-36-32-28-24-20-12-4)88-64-62-86(104-88)99(84-60-58-82(97)102-84)79-55-67-91(95(75-79)107-15-7)111-71-51-47-43-39-35-31-27-23-19-11-3/h53-68,73-76,101,104H,9-52,69-72H2,1-8H3. The molecule has 0 amide bonds. The first-order valence-corrected chi connectivity index (χ1v) is 45.1. The first kappa shape index (κ1) is 87.8. The summed E-state index contributed by atoms with van der Waals surface area (Å²) in [6.07, 6.45) is 59.1. The molecular weight excluding hydrogens is 1390 g/mol. The van der Waals surface area contributed by atoms with E-state index >= 15 is 0 Å². The summed E-state index contributed by atoms with van der Waals surface area (Å²) in [7, 11) is 0. The summed E-state index contributed by atoms with van der Waals surface area (Å²) in [5, 5.41) is 0. The summed E-state index contributed by atoms with van der Waals surface area (Å²) in [6, 6.07) is 34.2. The van der Waals surface area contributed by atoms with Crippen molar-refractivity contribution in [3.8, 4) is 90.5 Å². The molecule has 0 aliphatic carbocycles. The van der Waals surface area contributed by atoms with Crippen LogP contribution < -0.4 is 37.9 Å². The third-order valence-electron chi connectivity index (χ3n) is 21.9. The quantitative estimate of drug-likeness (QED) is 0.0355. The van der Waals surface area contributed by atoms with Crippen molar-refractivity contribution in [1.29, 1.82) is 0 Å². The number of ether oxygens (including phenoxy) is 8. The molecule has 7 aromatic rings. The minimum absolute atomic E-state index is 0.480. The molecule has 9 rings (SSSR count).